The number of nitrogens with zero attached hydrogens (tertiary/aromatic N) is 2. The Morgan fingerprint density at radius 3 is 2.88 bits per heavy atom. The number of hydrogen-bond acceptors (Lipinski definition) is 5. The van der Waals surface area contributed by atoms with Crippen molar-refractivity contribution in [2.45, 2.75) is 44.7 Å². The number of carbonyl (C=O) groups is 1. The first-order valence-corrected chi connectivity index (χ1v) is 5.36. The number of rotatable bonds is 4. The number of aromatic nitrogens is 2. The average Bonchev–Trinajstić information content (AvgIpc) is 2.82. The fourth-order valence-corrected chi connectivity index (χ4v) is 1.29. The van der Waals surface area contributed by atoms with E-state index in [0.29, 0.717) is 18.4 Å². The molecule has 1 amide bonds. The molecule has 0 aliphatic heterocycles. The molecule has 0 radical (unpaired) electrons. The van der Waals surface area contributed by atoms with Crippen LogP contribution in [0.15, 0.2) is 4.52 Å². The Hall–Kier alpha value is -1.43. The molecule has 1 saturated carbocycles. The van der Waals surface area contributed by atoms with Gasteiger partial charge >= 0.3 is 0 Å². The molecule has 3 N–H and O–H groups in total. The quantitative estimate of drug-likeness (QED) is 0.764. The normalized spacial score (nSPS) is 16.2. The van der Waals surface area contributed by atoms with Crippen LogP contribution in [0.3, 0.4) is 0 Å². The highest BCUT2D eigenvalue weighted by molar-refractivity contribution is 5.90. The van der Waals surface area contributed by atoms with Gasteiger partial charge in [-0.05, 0) is 26.7 Å². The molecular weight excluding hydrogens is 208 g/mol. The van der Waals surface area contributed by atoms with Gasteiger partial charge in [-0.3, -0.25) is 4.79 Å². The second-order valence-electron chi connectivity index (χ2n) is 4.92. The molecule has 0 aromatic carbocycles. The summed E-state index contributed by atoms with van der Waals surface area (Å²) in [6.45, 7) is 3.72. The van der Waals surface area contributed by atoms with E-state index < -0.39 is 5.54 Å². The monoisotopic (exact) mass is 224 g/mol. The van der Waals surface area contributed by atoms with Crippen LogP contribution in [0.25, 0.3) is 0 Å². The van der Waals surface area contributed by atoms with Crippen molar-refractivity contribution < 1.29 is 9.32 Å². The lowest BCUT2D eigenvalue weighted by Crippen LogP contribution is -2.34. The van der Waals surface area contributed by atoms with Crippen LogP contribution in [0.1, 0.15) is 43.2 Å². The number of amides is 1. The molecular formula is C10H16N4O2. The van der Waals surface area contributed by atoms with E-state index >= 15 is 0 Å². The predicted molar refractivity (Wildman–Crippen MR) is 56.8 cm³/mol. The van der Waals surface area contributed by atoms with Crippen molar-refractivity contribution in [1.82, 2.24) is 15.5 Å². The SMILES string of the molecule is CC(C)(N)Cc1nc(C(=O)NC2CC2)no1. The number of hydrogen-bond donors (Lipinski definition) is 2. The molecule has 1 aliphatic carbocycles. The van der Waals surface area contributed by atoms with Crippen molar-refractivity contribution in [3.63, 3.8) is 0 Å². The minimum atomic E-state index is -0.420. The van der Waals surface area contributed by atoms with E-state index in [2.05, 4.69) is 15.5 Å². The molecule has 0 unspecified atom stereocenters. The Kier molecular flexibility index (Phi) is 2.67. The summed E-state index contributed by atoms with van der Waals surface area (Å²) < 4.78 is 4.96. The van der Waals surface area contributed by atoms with E-state index in [-0.39, 0.29) is 11.7 Å². The van der Waals surface area contributed by atoms with Gasteiger partial charge < -0.3 is 15.6 Å². The highest BCUT2D eigenvalue weighted by atomic mass is 16.5. The topological polar surface area (TPSA) is 94.0 Å². The third kappa shape index (κ3) is 3.03. The lowest BCUT2D eigenvalue weighted by molar-refractivity contribution is 0.0937. The van der Waals surface area contributed by atoms with Gasteiger partial charge in [-0.25, -0.2) is 0 Å². The molecule has 6 heteroatoms. The molecule has 0 spiro atoms. The van der Waals surface area contributed by atoms with Crippen molar-refractivity contribution in [3.8, 4) is 0 Å². The van der Waals surface area contributed by atoms with E-state index in [9.17, 15) is 4.79 Å². The maximum atomic E-state index is 11.5. The highest BCUT2D eigenvalue weighted by Gasteiger charge is 2.26. The summed E-state index contributed by atoms with van der Waals surface area (Å²) in [5, 5.41) is 6.42. The minimum absolute atomic E-state index is 0.0890. The van der Waals surface area contributed by atoms with Crippen LogP contribution in [-0.2, 0) is 6.42 Å². The number of nitrogens with one attached hydrogen (secondary N) is 1. The van der Waals surface area contributed by atoms with Gasteiger partial charge in [0.1, 0.15) is 0 Å². The average molecular weight is 224 g/mol. The Labute approximate surface area is 93.6 Å². The second kappa shape index (κ2) is 3.86. The smallest absolute Gasteiger partial charge is 0.292 e. The van der Waals surface area contributed by atoms with E-state index in [1.807, 2.05) is 13.8 Å². The molecule has 1 heterocycles. The maximum absolute atomic E-state index is 11.5. The largest absolute Gasteiger partial charge is 0.346 e. The van der Waals surface area contributed by atoms with Crippen molar-refractivity contribution in [3.05, 3.63) is 11.7 Å². The molecule has 1 aromatic heterocycles. The van der Waals surface area contributed by atoms with Crippen LogP contribution >= 0.6 is 0 Å². The Bertz CT molecular complexity index is 390. The lowest BCUT2D eigenvalue weighted by Gasteiger charge is -2.14. The number of nitrogens with two attached hydrogens (primary N) is 1. The molecule has 1 aliphatic rings. The fourth-order valence-electron chi connectivity index (χ4n) is 1.29. The Balaban J connectivity index is 1.98. The van der Waals surface area contributed by atoms with E-state index in [4.69, 9.17) is 10.3 Å². The molecule has 6 nitrogen and oxygen atoms in total. The van der Waals surface area contributed by atoms with Crippen LogP contribution in [-0.4, -0.2) is 27.6 Å². The zero-order valence-electron chi connectivity index (χ0n) is 9.49. The molecule has 2 rings (SSSR count). The van der Waals surface area contributed by atoms with Crippen molar-refractivity contribution in [2.75, 3.05) is 0 Å². The summed E-state index contributed by atoms with van der Waals surface area (Å²) in [5.41, 5.74) is 5.40. The van der Waals surface area contributed by atoms with Gasteiger partial charge in [0.2, 0.25) is 5.89 Å². The lowest BCUT2D eigenvalue weighted by atomic mass is 10.0. The summed E-state index contributed by atoms with van der Waals surface area (Å²) in [6, 6.07) is 0.292. The third-order valence-electron chi connectivity index (χ3n) is 2.19. The van der Waals surface area contributed by atoms with Gasteiger partial charge in [0.05, 0.1) is 0 Å². The Morgan fingerprint density at radius 2 is 2.31 bits per heavy atom. The minimum Gasteiger partial charge on any atom is -0.346 e. The van der Waals surface area contributed by atoms with Crippen molar-refractivity contribution >= 4 is 5.91 Å². The summed E-state index contributed by atoms with van der Waals surface area (Å²) in [6.07, 6.45) is 2.52. The van der Waals surface area contributed by atoms with Gasteiger partial charge in [0.25, 0.3) is 11.7 Å². The van der Waals surface area contributed by atoms with E-state index in [0.717, 1.165) is 12.8 Å². The van der Waals surface area contributed by atoms with Crippen LogP contribution in [0.2, 0.25) is 0 Å². The number of carbonyl (C=O) groups excluding carboxylic acids is 1. The van der Waals surface area contributed by atoms with Crippen LogP contribution in [0.5, 0.6) is 0 Å². The van der Waals surface area contributed by atoms with E-state index in [1.165, 1.54) is 0 Å². The zero-order chi connectivity index (χ0) is 11.8. The predicted octanol–water partition coefficient (Wildman–Crippen LogP) is 0.242. The molecule has 0 atom stereocenters. The van der Waals surface area contributed by atoms with E-state index in [1.54, 1.807) is 0 Å². The first-order chi connectivity index (χ1) is 7.44. The van der Waals surface area contributed by atoms with Crippen molar-refractivity contribution in [1.29, 1.82) is 0 Å². The van der Waals surface area contributed by atoms with Gasteiger partial charge in [0.15, 0.2) is 0 Å². The van der Waals surface area contributed by atoms with Gasteiger partial charge in [0, 0.05) is 18.0 Å². The van der Waals surface area contributed by atoms with Crippen molar-refractivity contribution in [2.24, 2.45) is 5.73 Å². The molecule has 0 saturated heterocycles. The third-order valence-corrected chi connectivity index (χ3v) is 2.19. The zero-order valence-corrected chi connectivity index (χ0v) is 9.49. The van der Waals surface area contributed by atoms with Crippen LogP contribution in [0, 0.1) is 0 Å². The first-order valence-electron chi connectivity index (χ1n) is 5.36. The van der Waals surface area contributed by atoms with Gasteiger partial charge in [-0.1, -0.05) is 5.16 Å². The summed E-state index contributed by atoms with van der Waals surface area (Å²) in [7, 11) is 0. The highest BCUT2D eigenvalue weighted by Crippen LogP contribution is 2.19. The molecule has 88 valence electrons. The standard InChI is InChI=1S/C10H16N4O2/c1-10(2,11)5-7-13-8(14-16-7)9(15)12-6-3-4-6/h6H,3-5,11H2,1-2H3,(H,12,15). The van der Waals surface area contributed by atoms with Gasteiger partial charge in [-0.15, -0.1) is 0 Å². The van der Waals surface area contributed by atoms with Crippen LogP contribution in [0.4, 0.5) is 0 Å². The van der Waals surface area contributed by atoms with Crippen LogP contribution < -0.4 is 11.1 Å². The van der Waals surface area contributed by atoms with Gasteiger partial charge in [-0.2, -0.15) is 4.98 Å². The molecule has 1 fully saturated rings. The first kappa shape index (κ1) is 11.1. The Morgan fingerprint density at radius 1 is 1.62 bits per heavy atom. The second-order valence-corrected chi connectivity index (χ2v) is 4.92. The summed E-state index contributed by atoms with van der Waals surface area (Å²) >= 11 is 0. The summed E-state index contributed by atoms with van der Waals surface area (Å²) in [4.78, 5) is 15.6. The molecule has 1 aromatic rings. The maximum Gasteiger partial charge on any atom is 0.292 e. The summed E-state index contributed by atoms with van der Waals surface area (Å²) in [5.74, 6) is 0.215. The molecule has 0 bridgehead atoms. The fraction of sp³-hybridized carbons (Fsp3) is 0.700. The molecule has 16 heavy (non-hydrogen) atoms.